The molecule has 3 aromatic rings. The van der Waals surface area contributed by atoms with Gasteiger partial charge in [-0.15, -0.1) is 11.3 Å². The largest absolute Gasteiger partial charge is 0.493 e. The summed E-state index contributed by atoms with van der Waals surface area (Å²) in [6.07, 6.45) is 1.74. The van der Waals surface area contributed by atoms with Crippen molar-refractivity contribution >= 4 is 38.9 Å². The lowest BCUT2D eigenvalue weighted by Gasteiger charge is -2.31. The second-order valence-corrected chi connectivity index (χ2v) is 12.0. The molecule has 0 spiro atoms. The molecule has 1 fully saturated rings. The minimum Gasteiger partial charge on any atom is -0.493 e. The molecular formula is C27H31N3O6S2. The first kappa shape index (κ1) is 27.6. The average molecular weight is 558 g/mol. The lowest BCUT2D eigenvalue weighted by Crippen LogP contribution is -2.43. The van der Waals surface area contributed by atoms with Gasteiger partial charge in [0.2, 0.25) is 5.91 Å². The van der Waals surface area contributed by atoms with Crippen LogP contribution < -0.4 is 20.1 Å². The van der Waals surface area contributed by atoms with Crippen molar-refractivity contribution in [3.63, 3.8) is 0 Å². The van der Waals surface area contributed by atoms with E-state index in [1.807, 2.05) is 18.2 Å². The summed E-state index contributed by atoms with van der Waals surface area (Å²) in [5.74, 6) is 0.122. The third-order valence-corrected chi connectivity index (χ3v) is 9.66. The molecule has 0 saturated carbocycles. The number of nitrogens with zero attached hydrogens (tertiary/aromatic N) is 1. The topological polar surface area (TPSA) is 114 Å². The number of para-hydroxylation sites is 1. The Morgan fingerprint density at radius 2 is 1.84 bits per heavy atom. The zero-order valence-corrected chi connectivity index (χ0v) is 22.9. The number of sulfonamides is 1. The molecule has 1 aliphatic heterocycles. The molecule has 9 nitrogen and oxygen atoms in total. The fourth-order valence-electron chi connectivity index (χ4n) is 4.39. The molecule has 1 saturated heterocycles. The van der Waals surface area contributed by atoms with Crippen LogP contribution in [0.25, 0.3) is 0 Å². The first-order valence-electron chi connectivity index (χ1n) is 12.3. The third-order valence-electron chi connectivity index (χ3n) is 6.42. The van der Waals surface area contributed by atoms with Gasteiger partial charge in [0.1, 0.15) is 4.21 Å². The molecule has 1 aromatic heterocycles. The molecular weight excluding hydrogens is 526 g/mol. The number of ether oxygens (including phenoxy) is 2. The Labute approximate surface area is 226 Å². The summed E-state index contributed by atoms with van der Waals surface area (Å²) in [5.41, 5.74) is 1.70. The number of amides is 2. The molecule has 38 heavy (non-hydrogen) atoms. The van der Waals surface area contributed by atoms with Gasteiger partial charge in [0.15, 0.2) is 11.5 Å². The Morgan fingerprint density at radius 3 is 2.58 bits per heavy atom. The fraction of sp³-hybridized carbons (Fsp3) is 0.333. The first-order valence-corrected chi connectivity index (χ1v) is 14.6. The van der Waals surface area contributed by atoms with Crippen molar-refractivity contribution in [2.45, 2.75) is 23.5 Å². The standard InChI is InChI=1S/C27H31N3O6S2/c1-35-23-12-11-19(17-24(23)36-2)13-14-28-27(32)21-8-3-4-9-22(21)29-26(31)20-7-5-15-30(18-20)38(33,34)25-10-6-16-37-25/h3-4,6,8-12,16-17,20H,5,7,13-15,18H2,1-2H3,(H,28,32)(H,29,31)/t20-/m1/s1. The number of benzene rings is 2. The quantitative estimate of drug-likeness (QED) is 0.392. The summed E-state index contributed by atoms with van der Waals surface area (Å²) in [6.45, 7) is 0.865. The van der Waals surface area contributed by atoms with E-state index < -0.39 is 15.9 Å². The van der Waals surface area contributed by atoms with Crippen molar-refractivity contribution in [1.82, 2.24) is 9.62 Å². The third kappa shape index (κ3) is 6.35. The summed E-state index contributed by atoms with van der Waals surface area (Å²) >= 11 is 1.16. The minimum absolute atomic E-state index is 0.103. The van der Waals surface area contributed by atoms with Crippen LogP contribution in [0.2, 0.25) is 0 Å². The van der Waals surface area contributed by atoms with Crippen molar-refractivity contribution < 1.29 is 27.5 Å². The maximum atomic E-state index is 13.1. The monoisotopic (exact) mass is 557 g/mol. The normalized spacial score (nSPS) is 16.0. The Morgan fingerprint density at radius 1 is 1.05 bits per heavy atom. The highest BCUT2D eigenvalue weighted by Gasteiger charge is 2.34. The van der Waals surface area contributed by atoms with E-state index in [4.69, 9.17) is 9.47 Å². The molecule has 4 rings (SSSR count). The zero-order valence-electron chi connectivity index (χ0n) is 21.3. The smallest absolute Gasteiger partial charge is 0.253 e. The van der Waals surface area contributed by atoms with Gasteiger partial charge < -0.3 is 20.1 Å². The van der Waals surface area contributed by atoms with Crippen LogP contribution in [-0.2, 0) is 21.2 Å². The molecule has 2 N–H and O–H groups in total. The van der Waals surface area contributed by atoms with Crippen LogP contribution in [0.4, 0.5) is 5.69 Å². The number of nitrogens with one attached hydrogen (secondary N) is 2. The molecule has 2 aromatic carbocycles. The molecule has 0 radical (unpaired) electrons. The molecule has 11 heteroatoms. The van der Waals surface area contributed by atoms with E-state index in [1.165, 1.54) is 4.31 Å². The van der Waals surface area contributed by atoms with Crippen molar-refractivity contribution in [3.05, 3.63) is 71.1 Å². The molecule has 1 aliphatic rings. The maximum absolute atomic E-state index is 13.1. The van der Waals surface area contributed by atoms with Gasteiger partial charge in [-0.1, -0.05) is 24.3 Å². The summed E-state index contributed by atoms with van der Waals surface area (Å²) in [6, 6.07) is 15.7. The minimum atomic E-state index is -3.63. The molecule has 0 aliphatic carbocycles. The number of thiophene rings is 1. The van der Waals surface area contributed by atoms with Gasteiger partial charge in [0.05, 0.1) is 31.4 Å². The van der Waals surface area contributed by atoms with Crippen LogP contribution in [0, 0.1) is 5.92 Å². The van der Waals surface area contributed by atoms with Gasteiger partial charge in [-0.3, -0.25) is 9.59 Å². The summed E-state index contributed by atoms with van der Waals surface area (Å²) in [4.78, 5) is 26.1. The van der Waals surface area contributed by atoms with Gasteiger partial charge in [0.25, 0.3) is 15.9 Å². The molecule has 2 amide bonds. The van der Waals surface area contributed by atoms with E-state index in [2.05, 4.69) is 10.6 Å². The van der Waals surface area contributed by atoms with Crippen molar-refractivity contribution in [2.24, 2.45) is 5.92 Å². The van der Waals surface area contributed by atoms with Crippen LogP contribution in [0.3, 0.4) is 0 Å². The summed E-state index contributed by atoms with van der Waals surface area (Å²) in [7, 11) is -0.482. The predicted molar refractivity (Wildman–Crippen MR) is 146 cm³/mol. The van der Waals surface area contributed by atoms with Gasteiger partial charge in [-0.05, 0) is 60.5 Å². The highest BCUT2D eigenvalue weighted by molar-refractivity contribution is 7.91. The van der Waals surface area contributed by atoms with Crippen LogP contribution in [0.15, 0.2) is 64.2 Å². The molecule has 0 unspecified atom stereocenters. The van der Waals surface area contributed by atoms with E-state index in [0.29, 0.717) is 55.1 Å². The van der Waals surface area contributed by atoms with Crippen molar-refractivity contribution in [1.29, 1.82) is 0 Å². The fourth-order valence-corrected chi connectivity index (χ4v) is 7.06. The number of hydrogen-bond donors (Lipinski definition) is 2. The van der Waals surface area contributed by atoms with Crippen LogP contribution >= 0.6 is 11.3 Å². The van der Waals surface area contributed by atoms with Crippen LogP contribution in [0.5, 0.6) is 11.5 Å². The number of methoxy groups -OCH3 is 2. The number of carbonyl (C=O) groups excluding carboxylic acids is 2. The first-order chi connectivity index (χ1) is 18.3. The molecule has 1 atom stereocenters. The van der Waals surface area contributed by atoms with Gasteiger partial charge >= 0.3 is 0 Å². The van der Waals surface area contributed by atoms with E-state index in [9.17, 15) is 18.0 Å². The highest BCUT2D eigenvalue weighted by Crippen LogP contribution is 2.29. The lowest BCUT2D eigenvalue weighted by molar-refractivity contribution is -0.120. The Kier molecular flexibility index (Phi) is 9.03. The molecule has 2 heterocycles. The second-order valence-electron chi connectivity index (χ2n) is 8.86. The average Bonchev–Trinajstić information content (AvgIpc) is 3.49. The van der Waals surface area contributed by atoms with E-state index in [-0.39, 0.29) is 22.6 Å². The number of hydrogen-bond acceptors (Lipinski definition) is 7. The molecule has 202 valence electrons. The maximum Gasteiger partial charge on any atom is 0.253 e. The zero-order chi connectivity index (χ0) is 27.1. The number of piperidine rings is 1. The van der Waals surface area contributed by atoms with Crippen LogP contribution in [-0.4, -0.2) is 58.4 Å². The Bertz CT molecular complexity index is 1380. The van der Waals surface area contributed by atoms with Gasteiger partial charge in [-0.25, -0.2) is 8.42 Å². The van der Waals surface area contributed by atoms with E-state index in [0.717, 1.165) is 16.9 Å². The molecule has 0 bridgehead atoms. The van der Waals surface area contributed by atoms with E-state index >= 15 is 0 Å². The highest BCUT2D eigenvalue weighted by atomic mass is 32.2. The van der Waals surface area contributed by atoms with E-state index in [1.54, 1.807) is 56.0 Å². The number of carbonyl (C=O) groups is 2. The number of anilines is 1. The SMILES string of the molecule is COc1ccc(CCNC(=O)c2ccccc2NC(=O)[C@@H]2CCCN(S(=O)(=O)c3cccs3)C2)cc1OC. The predicted octanol–water partition coefficient (Wildman–Crippen LogP) is 3.78. The Hall–Kier alpha value is -3.41. The van der Waals surface area contributed by atoms with Crippen molar-refractivity contribution in [2.75, 3.05) is 39.2 Å². The summed E-state index contributed by atoms with van der Waals surface area (Å²) < 4.78 is 38.1. The number of rotatable bonds is 10. The summed E-state index contributed by atoms with van der Waals surface area (Å²) in [5, 5.41) is 7.47. The lowest BCUT2D eigenvalue weighted by atomic mass is 9.98. The van der Waals surface area contributed by atoms with Crippen molar-refractivity contribution in [3.8, 4) is 11.5 Å². The second kappa shape index (κ2) is 12.4. The van der Waals surface area contributed by atoms with Gasteiger partial charge in [0, 0.05) is 19.6 Å². The van der Waals surface area contributed by atoms with Crippen LogP contribution in [0.1, 0.15) is 28.8 Å². The van der Waals surface area contributed by atoms with Gasteiger partial charge in [-0.2, -0.15) is 4.31 Å². The Balaban J connectivity index is 1.37.